The van der Waals surface area contributed by atoms with Gasteiger partial charge in [-0.1, -0.05) is 18.2 Å². The number of aryl methyl sites for hydroxylation is 1. The van der Waals surface area contributed by atoms with Crippen molar-refractivity contribution in [2.75, 3.05) is 19.0 Å². The summed E-state index contributed by atoms with van der Waals surface area (Å²) in [4.78, 5) is 10.9. The Morgan fingerprint density at radius 1 is 1.22 bits per heavy atom. The summed E-state index contributed by atoms with van der Waals surface area (Å²) in [5, 5.41) is 14.4. The number of para-hydroxylation sites is 1. The molecule has 0 atom stereocenters. The molecule has 0 saturated carbocycles. The van der Waals surface area contributed by atoms with Gasteiger partial charge in [-0.25, -0.2) is 0 Å². The first-order chi connectivity index (χ1) is 11.1. The van der Waals surface area contributed by atoms with Crippen LogP contribution >= 0.6 is 0 Å². The first kappa shape index (κ1) is 16.6. The summed E-state index contributed by atoms with van der Waals surface area (Å²) in [6, 6.07) is 10.8. The van der Waals surface area contributed by atoms with Gasteiger partial charge >= 0.3 is 5.69 Å². The van der Waals surface area contributed by atoms with Gasteiger partial charge in [-0.3, -0.25) is 10.1 Å². The number of anilines is 1. The lowest BCUT2D eigenvalue weighted by atomic mass is 10.1. The van der Waals surface area contributed by atoms with Crippen LogP contribution in [-0.4, -0.2) is 18.6 Å². The zero-order valence-corrected chi connectivity index (χ0v) is 13.5. The van der Waals surface area contributed by atoms with Crippen LogP contribution in [0, 0.1) is 17.0 Å². The Labute approximate surface area is 135 Å². The van der Waals surface area contributed by atoms with Crippen LogP contribution in [0.1, 0.15) is 18.1 Å². The fourth-order valence-electron chi connectivity index (χ4n) is 2.37. The number of benzene rings is 2. The summed E-state index contributed by atoms with van der Waals surface area (Å²) in [6.45, 7) is 4.60. The van der Waals surface area contributed by atoms with Crippen LogP contribution in [0.25, 0.3) is 0 Å². The first-order valence-electron chi connectivity index (χ1n) is 7.34. The molecule has 6 nitrogen and oxygen atoms in total. The maximum atomic E-state index is 11.3. The van der Waals surface area contributed by atoms with Crippen molar-refractivity contribution in [1.29, 1.82) is 0 Å². The van der Waals surface area contributed by atoms with Gasteiger partial charge in [0.05, 0.1) is 18.6 Å². The quantitative estimate of drug-likeness (QED) is 0.619. The van der Waals surface area contributed by atoms with E-state index < -0.39 is 4.92 Å². The zero-order chi connectivity index (χ0) is 16.8. The van der Waals surface area contributed by atoms with Crippen LogP contribution < -0.4 is 14.8 Å². The Bertz CT molecular complexity index is 701. The second kappa shape index (κ2) is 7.49. The fourth-order valence-corrected chi connectivity index (χ4v) is 2.37. The lowest BCUT2D eigenvalue weighted by Gasteiger charge is -2.11. The molecule has 23 heavy (non-hydrogen) atoms. The van der Waals surface area contributed by atoms with Gasteiger partial charge in [-0.05, 0) is 43.2 Å². The Morgan fingerprint density at radius 2 is 2.00 bits per heavy atom. The molecule has 0 heterocycles. The molecule has 0 amide bonds. The van der Waals surface area contributed by atoms with Crippen LogP contribution in [0.15, 0.2) is 36.4 Å². The predicted molar refractivity (Wildman–Crippen MR) is 89.3 cm³/mol. The number of rotatable bonds is 7. The van der Waals surface area contributed by atoms with Crippen molar-refractivity contribution in [1.82, 2.24) is 0 Å². The van der Waals surface area contributed by atoms with E-state index in [1.807, 2.05) is 25.1 Å². The molecule has 2 rings (SSSR count). The standard InChI is InChI=1S/C17H20N2O4/c1-4-23-16-7-5-6-14(17(16)19(20)21)18-11-13-8-9-15(22-3)12(2)10-13/h5-10,18H,4,11H2,1-3H3. The lowest BCUT2D eigenvalue weighted by molar-refractivity contribution is -0.384. The molecule has 0 saturated heterocycles. The molecule has 2 aromatic carbocycles. The van der Waals surface area contributed by atoms with Gasteiger partial charge in [-0.2, -0.15) is 0 Å². The Kier molecular flexibility index (Phi) is 5.41. The molecule has 0 spiro atoms. The highest BCUT2D eigenvalue weighted by Gasteiger charge is 2.20. The maximum absolute atomic E-state index is 11.3. The molecule has 0 fully saturated rings. The zero-order valence-electron chi connectivity index (χ0n) is 13.5. The van der Waals surface area contributed by atoms with Crippen molar-refractivity contribution in [2.45, 2.75) is 20.4 Å². The fraction of sp³-hybridized carbons (Fsp3) is 0.294. The van der Waals surface area contributed by atoms with E-state index in [-0.39, 0.29) is 11.4 Å². The van der Waals surface area contributed by atoms with Crippen LogP contribution in [-0.2, 0) is 6.54 Å². The van der Waals surface area contributed by atoms with Gasteiger partial charge in [0.15, 0.2) is 5.75 Å². The Morgan fingerprint density at radius 3 is 2.61 bits per heavy atom. The number of nitrogens with one attached hydrogen (secondary N) is 1. The molecular weight excluding hydrogens is 296 g/mol. The van der Waals surface area contributed by atoms with E-state index in [0.29, 0.717) is 18.8 Å². The number of nitro benzene ring substituents is 1. The van der Waals surface area contributed by atoms with Crippen molar-refractivity contribution in [2.24, 2.45) is 0 Å². The summed E-state index contributed by atoms with van der Waals surface area (Å²) >= 11 is 0. The van der Waals surface area contributed by atoms with Gasteiger partial charge in [0.25, 0.3) is 0 Å². The molecule has 0 bridgehead atoms. The summed E-state index contributed by atoms with van der Waals surface area (Å²) in [7, 11) is 1.63. The minimum atomic E-state index is -0.424. The number of nitro groups is 1. The summed E-state index contributed by atoms with van der Waals surface area (Å²) in [5.41, 5.74) is 2.43. The average Bonchev–Trinajstić information content (AvgIpc) is 2.53. The lowest BCUT2D eigenvalue weighted by Crippen LogP contribution is -2.05. The number of nitrogens with zero attached hydrogens (tertiary/aromatic N) is 1. The van der Waals surface area contributed by atoms with Crippen LogP contribution in [0.2, 0.25) is 0 Å². The van der Waals surface area contributed by atoms with Crippen molar-refractivity contribution in [3.8, 4) is 11.5 Å². The average molecular weight is 316 g/mol. The molecule has 0 radical (unpaired) electrons. The second-order valence-corrected chi connectivity index (χ2v) is 5.00. The second-order valence-electron chi connectivity index (χ2n) is 5.00. The first-order valence-corrected chi connectivity index (χ1v) is 7.34. The number of hydrogen-bond donors (Lipinski definition) is 1. The van der Waals surface area contributed by atoms with E-state index in [1.54, 1.807) is 32.2 Å². The van der Waals surface area contributed by atoms with Gasteiger partial charge in [0.1, 0.15) is 11.4 Å². The third-order valence-electron chi connectivity index (χ3n) is 3.42. The third kappa shape index (κ3) is 3.91. The van der Waals surface area contributed by atoms with E-state index in [2.05, 4.69) is 5.32 Å². The largest absolute Gasteiger partial charge is 0.496 e. The molecule has 0 aliphatic carbocycles. The maximum Gasteiger partial charge on any atom is 0.333 e. The third-order valence-corrected chi connectivity index (χ3v) is 3.42. The molecule has 122 valence electrons. The molecule has 0 unspecified atom stereocenters. The molecule has 1 N–H and O–H groups in total. The number of methoxy groups -OCH3 is 1. The Balaban J connectivity index is 2.21. The van der Waals surface area contributed by atoms with E-state index in [9.17, 15) is 10.1 Å². The van der Waals surface area contributed by atoms with Gasteiger partial charge in [0, 0.05) is 6.54 Å². The number of hydrogen-bond acceptors (Lipinski definition) is 5. The molecule has 6 heteroatoms. The van der Waals surface area contributed by atoms with Crippen molar-refractivity contribution < 1.29 is 14.4 Å². The smallest absolute Gasteiger partial charge is 0.333 e. The monoisotopic (exact) mass is 316 g/mol. The minimum absolute atomic E-state index is 0.0421. The highest BCUT2D eigenvalue weighted by atomic mass is 16.6. The van der Waals surface area contributed by atoms with Crippen LogP contribution in [0.3, 0.4) is 0 Å². The van der Waals surface area contributed by atoms with Crippen molar-refractivity contribution in [3.63, 3.8) is 0 Å². The topological polar surface area (TPSA) is 73.6 Å². The van der Waals surface area contributed by atoms with Gasteiger partial charge in [0.2, 0.25) is 0 Å². The van der Waals surface area contributed by atoms with Crippen LogP contribution in [0.4, 0.5) is 11.4 Å². The van der Waals surface area contributed by atoms with Gasteiger partial charge in [-0.15, -0.1) is 0 Å². The SMILES string of the molecule is CCOc1cccc(NCc2ccc(OC)c(C)c2)c1[N+](=O)[O-]. The summed E-state index contributed by atoms with van der Waals surface area (Å²) in [5.74, 6) is 1.09. The molecule has 0 aromatic heterocycles. The van der Waals surface area contributed by atoms with E-state index in [4.69, 9.17) is 9.47 Å². The van der Waals surface area contributed by atoms with Crippen molar-refractivity contribution in [3.05, 3.63) is 57.6 Å². The molecule has 2 aromatic rings. The van der Waals surface area contributed by atoms with E-state index in [0.717, 1.165) is 16.9 Å². The predicted octanol–water partition coefficient (Wildman–Crippen LogP) is 3.92. The normalized spacial score (nSPS) is 10.2. The Hall–Kier alpha value is -2.76. The molecule has 0 aliphatic rings. The van der Waals surface area contributed by atoms with Crippen molar-refractivity contribution >= 4 is 11.4 Å². The summed E-state index contributed by atoms with van der Waals surface area (Å²) in [6.07, 6.45) is 0. The van der Waals surface area contributed by atoms with Gasteiger partial charge < -0.3 is 14.8 Å². The number of ether oxygens (including phenoxy) is 2. The van der Waals surface area contributed by atoms with E-state index >= 15 is 0 Å². The van der Waals surface area contributed by atoms with E-state index in [1.165, 1.54) is 0 Å². The van der Waals surface area contributed by atoms with Crippen LogP contribution in [0.5, 0.6) is 11.5 Å². The molecule has 0 aliphatic heterocycles. The highest BCUT2D eigenvalue weighted by molar-refractivity contribution is 5.68. The summed E-state index contributed by atoms with van der Waals surface area (Å²) < 4.78 is 10.6. The molecular formula is C17H20N2O4. The highest BCUT2D eigenvalue weighted by Crippen LogP contribution is 2.35. The minimum Gasteiger partial charge on any atom is -0.496 e.